The number of sulfone groups is 1. The van der Waals surface area contributed by atoms with Crippen molar-refractivity contribution in [3.63, 3.8) is 0 Å². The van der Waals surface area contributed by atoms with Gasteiger partial charge in [-0.1, -0.05) is 30.3 Å². The third-order valence-electron chi connectivity index (χ3n) is 4.05. The maximum Gasteiger partial charge on any atom is 0.182 e. The molecule has 3 rings (SSSR count). The molecule has 1 aliphatic carbocycles. The molecular weight excluding hydrogens is 289 g/mol. The minimum atomic E-state index is -3.41. The van der Waals surface area contributed by atoms with Crippen molar-refractivity contribution in [1.29, 1.82) is 0 Å². The predicted molar refractivity (Wildman–Crippen MR) is 79.1 cm³/mol. The molecule has 0 unspecified atom stereocenters. The lowest BCUT2D eigenvalue weighted by molar-refractivity contribution is 0.591. The van der Waals surface area contributed by atoms with Gasteiger partial charge in [0.15, 0.2) is 9.84 Å². The predicted octanol–water partition coefficient (Wildman–Crippen LogP) is 2.34. The van der Waals surface area contributed by atoms with Gasteiger partial charge in [-0.05, 0) is 42.3 Å². The first kappa shape index (κ1) is 14.2. The average Bonchev–Trinajstić information content (AvgIpc) is 3.24. The van der Waals surface area contributed by atoms with E-state index in [2.05, 4.69) is 0 Å². The molecule has 1 aliphatic rings. The highest BCUT2D eigenvalue weighted by atomic mass is 32.2. The Hall–Kier alpha value is -1.72. The SMILES string of the molecule is NC[C@H]1[C@H](c2ccc(F)cc2)[C@@H]1S(=O)(=O)c1ccccc1. The Morgan fingerprint density at radius 3 is 2.19 bits per heavy atom. The van der Waals surface area contributed by atoms with Crippen LogP contribution < -0.4 is 5.73 Å². The summed E-state index contributed by atoms with van der Waals surface area (Å²) in [4.78, 5) is 0.318. The molecule has 0 aliphatic heterocycles. The lowest BCUT2D eigenvalue weighted by atomic mass is 10.1. The Kier molecular flexibility index (Phi) is 3.55. The van der Waals surface area contributed by atoms with Crippen molar-refractivity contribution in [2.75, 3.05) is 6.54 Å². The molecule has 21 heavy (non-hydrogen) atoms. The maximum atomic E-state index is 13.0. The first-order chi connectivity index (χ1) is 10.1. The molecule has 0 heterocycles. The van der Waals surface area contributed by atoms with Crippen LogP contribution in [0.15, 0.2) is 59.5 Å². The van der Waals surface area contributed by atoms with E-state index in [-0.39, 0.29) is 17.7 Å². The summed E-state index contributed by atoms with van der Waals surface area (Å²) in [6.07, 6.45) is 0. The second-order valence-electron chi connectivity index (χ2n) is 5.30. The van der Waals surface area contributed by atoms with Gasteiger partial charge in [-0.15, -0.1) is 0 Å². The fraction of sp³-hybridized carbons (Fsp3) is 0.250. The lowest BCUT2D eigenvalue weighted by Gasteiger charge is -2.04. The Bertz CT molecular complexity index is 729. The van der Waals surface area contributed by atoms with E-state index >= 15 is 0 Å². The molecule has 3 nitrogen and oxygen atoms in total. The molecule has 0 radical (unpaired) electrons. The standard InChI is InChI=1S/C16H16FNO2S/c17-12-8-6-11(7-9-12)15-14(10-18)16(15)21(19,20)13-4-2-1-3-5-13/h1-9,14-16H,10,18H2/t14-,15-,16+/m0/s1. The lowest BCUT2D eigenvalue weighted by Crippen LogP contribution is -2.13. The van der Waals surface area contributed by atoms with Crippen molar-refractivity contribution in [2.45, 2.75) is 16.1 Å². The summed E-state index contributed by atoms with van der Waals surface area (Å²) in [7, 11) is -3.41. The molecule has 1 fully saturated rings. The molecule has 1 saturated carbocycles. The summed E-state index contributed by atoms with van der Waals surface area (Å²) in [5.74, 6) is -0.590. The molecule has 0 aromatic heterocycles. The van der Waals surface area contributed by atoms with Crippen LogP contribution in [-0.2, 0) is 9.84 Å². The van der Waals surface area contributed by atoms with E-state index in [1.165, 1.54) is 12.1 Å². The fourth-order valence-electron chi connectivity index (χ4n) is 2.94. The second-order valence-corrected chi connectivity index (χ2v) is 7.41. The van der Waals surface area contributed by atoms with Crippen molar-refractivity contribution in [3.05, 3.63) is 66.0 Å². The van der Waals surface area contributed by atoms with Crippen LogP contribution in [0, 0.1) is 11.7 Å². The topological polar surface area (TPSA) is 60.2 Å². The number of benzene rings is 2. The number of hydrogen-bond acceptors (Lipinski definition) is 3. The van der Waals surface area contributed by atoms with Crippen LogP contribution in [-0.4, -0.2) is 20.2 Å². The van der Waals surface area contributed by atoms with E-state index < -0.39 is 15.1 Å². The van der Waals surface area contributed by atoms with E-state index in [4.69, 9.17) is 5.73 Å². The zero-order valence-corrected chi connectivity index (χ0v) is 12.1. The molecule has 0 saturated heterocycles. The van der Waals surface area contributed by atoms with E-state index in [0.717, 1.165) is 5.56 Å². The van der Waals surface area contributed by atoms with E-state index in [0.29, 0.717) is 11.4 Å². The first-order valence-electron chi connectivity index (χ1n) is 6.80. The summed E-state index contributed by atoms with van der Waals surface area (Å²) < 4.78 is 38.4. The van der Waals surface area contributed by atoms with Gasteiger partial charge < -0.3 is 5.73 Å². The van der Waals surface area contributed by atoms with E-state index in [9.17, 15) is 12.8 Å². The highest BCUT2D eigenvalue weighted by Crippen LogP contribution is 2.53. The summed E-state index contributed by atoms with van der Waals surface area (Å²) >= 11 is 0. The summed E-state index contributed by atoms with van der Waals surface area (Å²) in [6.45, 7) is 0.304. The molecular formula is C16H16FNO2S. The second kappa shape index (κ2) is 5.24. The number of halogens is 1. The zero-order valence-electron chi connectivity index (χ0n) is 11.3. The third kappa shape index (κ3) is 2.47. The largest absolute Gasteiger partial charge is 0.330 e. The normalized spacial score (nSPS) is 24.8. The van der Waals surface area contributed by atoms with Crippen molar-refractivity contribution >= 4 is 9.84 Å². The van der Waals surface area contributed by atoms with Gasteiger partial charge in [-0.2, -0.15) is 0 Å². The van der Waals surface area contributed by atoms with Gasteiger partial charge in [0.1, 0.15) is 5.82 Å². The molecule has 5 heteroatoms. The van der Waals surface area contributed by atoms with Crippen LogP contribution in [0.5, 0.6) is 0 Å². The van der Waals surface area contributed by atoms with E-state index in [1.807, 2.05) is 0 Å². The average molecular weight is 305 g/mol. The molecule has 0 spiro atoms. The van der Waals surface area contributed by atoms with Crippen LogP contribution >= 0.6 is 0 Å². The molecule has 0 amide bonds. The summed E-state index contributed by atoms with van der Waals surface area (Å²) in [5, 5.41) is -0.518. The highest BCUT2D eigenvalue weighted by Gasteiger charge is 2.57. The van der Waals surface area contributed by atoms with Gasteiger partial charge in [0.2, 0.25) is 0 Å². The van der Waals surface area contributed by atoms with Crippen LogP contribution in [0.1, 0.15) is 11.5 Å². The molecule has 2 aromatic carbocycles. The van der Waals surface area contributed by atoms with Crippen LogP contribution in [0.25, 0.3) is 0 Å². The summed E-state index contributed by atoms with van der Waals surface area (Å²) in [5.41, 5.74) is 6.55. The number of rotatable bonds is 4. The van der Waals surface area contributed by atoms with Crippen molar-refractivity contribution in [3.8, 4) is 0 Å². The minimum Gasteiger partial charge on any atom is -0.330 e. The van der Waals surface area contributed by atoms with Gasteiger partial charge in [0, 0.05) is 5.92 Å². The van der Waals surface area contributed by atoms with Crippen LogP contribution in [0.3, 0.4) is 0 Å². The smallest absolute Gasteiger partial charge is 0.182 e. The van der Waals surface area contributed by atoms with Gasteiger partial charge in [-0.3, -0.25) is 0 Å². The Morgan fingerprint density at radius 2 is 1.62 bits per heavy atom. The van der Waals surface area contributed by atoms with Crippen molar-refractivity contribution in [1.82, 2.24) is 0 Å². The van der Waals surface area contributed by atoms with Crippen molar-refractivity contribution < 1.29 is 12.8 Å². The minimum absolute atomic E-state index is 0.110. The van der Waals surface area contributed by atoms with Gasteiger partial charge >= 0.3 is 0 Å². The van der Waals surface area contributed by atoms with Gasteiger partial charge in [0.05, 0.1) is 10.1 Å². The summed E-state index contributed by atoms with van der Waals surface area (Å²) in [6, 6.07) is 14.4. The number of nitrogens with two attached hydrogens (primary N) is 1. The van der Waals surface area contributed by atoms with E-state index in [1.54, 1.807) is 42.5 Å². The fourth-order valence-corrected chi connectivity index (χ4v) is 5.18. The maximum absolute atomic E-state index is 13.0. The number of hydrogen-bond donors (Lipinski definition) is 1. The monoisotopic (exact) mass is 305 g/mol. The molecule has 3 atom stereocenters. The van der Waals surface area contributed by atoms with Crippen molar-refractivity contribution in [2.24, 2.45) is 11.7 Å². The van der Waals surface area contributed by atoms with Gasteiger partial charge in [-0.25, -0.2) is 12.8 Å². The Balaban J connectivity index is 1.94. The molecule has 2 aromatic rings. The first-order valence-corrected chi connectivity index (χ1v) is 8.35. The molecule has 110 valence electrons. The van der Waals surface area contributed by atoms with Crippen LogP contribution in [0.4, 0.5) is 4.39 Å². The quantitative estimate of drug-likeness (QED) is 0.943. The zero-order chi connectivity index (χ0) is 15.0. The van der Waals surface area contributed by atoms with Gasteiger partial charge in [0.25, 0.3) is 0 Å². The third-order valence-corrected chi connectivity index (χ3v) is 6.34. The Labute approximate surface area is 123 Å². The Morgan fingerprint density at radius 1 is 1.00 bits per heavy atom. The highest BCUT2D eigenvalue weighted by molar-refractivity contribution is 7.92. The van der Waals surface area contributed by atoms with Crippen LogP contribution in [0.2, 0.25) is 0 Å². The molecule has 0 bridgehead atoms. The molecule has 2 N–H and O–H groups in total.